The lowest BCUT2D eigenvalue weighted by molar-refractivity contribution is -0.188. The second-order valence-electron chi connectivity index (χ2n) is 5.62. The molecule has 1 aromatic heterocycles. The van der Waals surface area contributed by atoms with E-state index in [2.05, 4.69) is 11.9 Å². The summed E-state index contributed by atoms with van der Waals surface area (Å²) in [5.41, 5.74) is 0.725. The fraction of sp³-hybridized carbons (Fsp3) is 0.714. The highest BCUT2D eigenvalue weighted by molar-refractivity contribution is 7.09. The molecule has 0 aliphatic carbocycles. The molecule has 0 aromatic carbocycles. The third-order valence-electron chi connectivity index (χ3n) is 3.86. The minimum Gasteiger partial charge on any atom is -0.481 e. The lowest BCUT2D eigenvalue weighted by Gasteiger charge is -2.18. The summed E-state index contributed by atoms with van der Waals surface area (Å²) in [6, 6.07) is 0. The van der Waals surface area contributed by atoms with Crippen LogP contribution in [-0.2, 0) is 17.8 Å². The van der Waals surface area contributed by atoms with Gasteiger partial charge in [-0.05, 0) is 12.8 Å². The van der Waals surface area contributed by atoms with E-state index in [0.717, 1.165) is 30.0 Å². The van der Waals surface area contributed by atoms with Gasteiger partial charge >= 0.3 is 12.1 Å². The number of aliphatic carboxylic acids is 1. The van der Waals surface area contributed by atoms with Crippen molar-refractivity contribution in [3.05, 3.63) is 16.1 Å². The van der Waals surface area contributed by atoms with E-state index < -0.39 is 24.0 Å². The zero-order chi connectivity index (χ0) is 16.3. The molecule has 1 saturated heterocycles. The summed E-state index contributed by atoms with van der Waals surface area (Å²) in [5, 5.41) is 11.8. The largest absolute Gasteiger partial charge is 0.481 e. The second-order valence-corrected chi connectivity index (χ2v) is 6.57. The number of carbonyl (C=O) groups is 1. The summed E-state index contributed by atoms with van der Waals surface area (Å²) in [4.78, 5) is 17.0. The van der Waals surface area contributed by atoms with Crippen molar-refractivity contribution in [2.45, 2.75) is 38.9 Å². The molecule has 0 spiro atoms. The summed E-state index contributed by atoms with van der Waals surface area (Å²) < 4.78 is 38.8. The average molecular weight is 336 g/mol. The van der Waals surface area contributed by atoms with Crippen LogP contribution in [0.1, 0.15) is 30.5 Å². The van der Waals surface area contributed by atoms with Crippen molar-refractivity contribution in [2.24, 2.45) is 11.8 Å². The molecular formula is C14H19F3N2O2S. The van der Waals surface area contributed by atoms with Crippen LogP contribution in [0, 0.1) is 11.8 Å². The number of thiazole rings is 1. The van der Waals surface area contributed by atoms with Gasteiger partial charge in [-0.3, -0.25) is 9.69 Å². The number of unbranched alkanes of at least 4 members (excludes halogenated alkanes) is 1. The Kier molecular flexibility index (Phi) is 5.44. The van der Waals surface area contributed by atoms with Gasteiger partial charge in [-0.1, -0.05) is 13.3 Å². The first-order valence-electron chi connectivity index (χ1n) is 7.26. The van der Waals surface area contributed by atoms with E-state index in [9.17, 15) is 18.0 Å². The predicted molar refractivity (Wildman–Crippen MR) is 76.7 cm³/mol. The number of hydrogen-bond donors (Lipinski definition) is 1. The number of aryl methyl sites for hydroxylation is 1. The van der Waals surface area contributed by atoms with Crippen molar-refractivity contribution in [3.8, 4) is 0 Å². The summed E-state index contributed by atoms with van der Waals surface area (Å²) in [6.45, 7) is 2.00. The Hall–Kier alpha value is -1.15. The van der Waals surface area contributed by atoms with Crippen molar-refractivity contribution in [1.82, 2.24) is 9.88 Å². The zero-order valence-corrected chi connectivity index (χ0v) is 13.1. The maximum atomic E-state index is 12.9. The average Bonchev–Trinajstić information content (AvgIpc) is 3.03. The molecule has 0 bridgehead atoms. The molecular weight excluding hydrogens is 317 g/mol. The summed E-state index contributed by atoms with van der Waals surface area (Å²) in [7, 11) is 0. The number of alkyl halides is 3. The monoisotopic (exact) mass is 336 g/mol. The molecule has 2 atom stereocenters. The van der Waals surface area contributed by atoms with E-state index in [4.69, 9.17) is 5.11 Å². The molecule has 22 heavy (non-hydrogen) atoms. The molecule has 2 rings (SSSR count). The van der Waals surface area contributed by atoms with Crippen molar-refractivity contribution in [1.29, 1.82) is 0 Å². The third kappa shape index (κ3) is 4.19. The summed E-state index contributed by atoms with van der Waals surface area (Å²) >= 11 is 1.51. The lowest BCUT2D eigenvalue weighted by Crippen LogP contribution is -2.33. The van der Waals surface area contributed by atoms with E-state index in [0.29, 0.717) is 0 Å². The van der Waals surface area contributed by atoms with E-state index >= 15 is 0 Å². The molecule has 8 heteroatoms. The van der Waals surface area contributed by atoms with Crippen molar-refractivity contribution < 1.29 is 23.1 Å². The van der Waals surface area contributed by atoms with E-state index in [1.807, 2.05) is 5.38 Å². The van der Waals surface area contributed by atoms with Crippen LogP contribution in [0.15, 0.2) is 5.38 Å². The maximum absolute atomic E-state index is 12.9. The van der Waals surface area contributed by atoms with Crippen LogP contribution in [0.2, 0.25) is 0 Å². The normalized spacial score (nSPS) is 23.1. The molecule has 1 aliphatic heterocycles. The smallest absolute Gasteiger partial charge is 0.393 e. The third-order valence-corrected chi connectivity index (χ3v) is 4.82. The van der Waals surface area contributed by atoms with E-state index in [1.165, 1.54) is 16.2 Å². The highest BCUT2D eigenvalue weighted by atomic mass is 32.1. The maximum Gasteiger partial charge on any atom is 0.393 e. The van der Waals surface area contributed by atoms with Gasteiger partial charge in [0.2, 0.25) is 0 Å². The van der Waals surface area contributed by atoms with Gasteiger partial charge < -0.3 is 5.11 Å². The Bertz CT molecular complexity index is 518. The standard InChI is InChI=1S/C14H19F3N2O2S/c1-2-3-4-12-18-9(8-22-12)5-19-6-10(13(20)21)11(7-19)14(15,16)17/h8,10-11H,2-7H2,1H3,(H,20,21)/t10-,11-/m1/s1. The number of aromatic nitrogens is 1. The molecule has 0 amide bonds. The SMILES string of the molecule is CCCCc1nc(CN2C[C@@H](C(F)(F)F)[C@H](C(=O)O)C2)cs1. The number of carboxylic acid groups (broad SMARTS) is 1. The molecule has 4 nitrogen and oxygen atoms in total. The van der Waals surface area contributed by atoms with Crippen LogP contribution < -0.4 is 0 Å². The Morgan fingerprint density at radius 2 is 2.23 bits per heavy atom. The molecule has 1 aliphatic rings. The molecule has 124 valence electrons. The van der Waals surface area contributed by atoms with Gasteiger partial charge in [-0.15, -0.1) is 11.3 Å². The minimum atomic E-state index is -4.48. The first-order chi connectivity index (χ1) is 10.3. The van der Waals surface area contributed by atoms with E-state index in [1.54, 1.807) is 0 Å². The molecule has 1 aromatic rings. The Morgan fingerprint density at radius 1 is 1.50 bits per heavy atom. The highest BCUT2D eigenvalue weighted by Gasteiger charge is 2.52. The number of halogens is 3. The molecule has 1 fully saturated rings. The lowest BCUT2D eigenvalue weighted by atomic mass is 9.96. The van der Waals surface area contributed by atoms with Crippen molar-refractivity contribution in [2.75, 3.05) is 13.1 Å². The van der Waals surface area contributed by atoms with Crippen LogP contribution in [0.25, 0.3) is 0 Å². The number of likely N-dealkylation sites (tertiary alicyclic amines) is 1. The number of nitrogens with zero attached hydrogens (tertiary/aromatic N) is 2. The Morgan fingerprint density at radius 3 is 2.77 bits per heavy atom. The van der Waals surface area contributed by atoms with E-state index in [-0.39, 0.29) is 19.6 Å². The topological polar surface area (TPSA) is 53.4 Å². The summed E-state index contributed by atoms with van der Waals surface area (Å²) in [5.74, 6) is -4.58. The Labute approximate surface area is 131 Å². The first-order valence-corrected chi connectivity index (χ1v) is 8.14. The van der Waals surface area contributed by atoms with Gasteiger partial charge in [0.15, 0.2) is 0 Å². The van der Waals surface area contributed by atoms with Crippen LogP contribution in [0.3, 0.4) is 0 Å². The minimum absolute atomic E-state index is 0.0820. The van der Waals surface area contributed by atoms with Gasteiger partial charge in [-0.2, -0.15) is 13.2 Å². The van der Waals surface area contributed by atoms with Crippen molar-refractivity contribution >= 4 is 17.3 Å². The van der Waals surface area contributed by atoms with Gasteiger partial charge in [-0.25, -0.2) is 4.98 Å². The Balaban J connectivity index is 1.99. The highest BCUT2D eigenvalue weighted by Crippen LogP contribution is 2.38. The quantitative estimate of drug-likeness (QED) is 0.867. The zero-order valence-electron chi connectivity index (χ0n) is 12.3. The number of rotatable bonds is 6. The van der Waals surface area contributed by atoms with Crippen LogP contribution in [0.4, 0.5) is 13.2 Å². The molecule has 0 unspecified atom stereocenters. The molecule has 1 N–H and O–H groups in total. The number of carboxylic acids is 1. The van der Waals surface area contributed by atoms with Gasteiger partial charge in [0, 0.05) is 25.0 Å². The fourth-order valence-corrected chi connectivity index (χ4v) is 3.52. The second kappa shape index (κ2) is 6.95. The fourth-order valence-electron chi connectivity index (χ4n) is 2.69. The van der Waals surface area contributed by atoms with Crippen LogP contribution >= 0.6 is 11.3 Å². The van der Waals surface area contributed by atoms with Gasteiger partial charge in [0.05, 0.1) is 22.5 Å². The predicted octanol–water partition coefficient (Wildman–Crippen LogP) is 3.18. The van der Waals surface area contributed by atoms with Crippen molar-refractivity contribution in [3.63, 3.8) is 0 Å². The molecule has 0 radical (unpaired) electrons. The summed E-state index contributed by atoms with van der Waals surface area (Å²) in [6.07, 6.45) is -1.50. The molecule has 0 saturated carbocycles. The van der Waals surface area contributed by atoms with Gasteiger partial charge in [0.25, 0.3) is 0 Å². The van der Waals surface area contributed by atoms with Crippen LogP contribution in [-0.4, -0.2) is 40.2 Å². The van der Waals surface area contributed by atoms with Crippen LogP contribution in [0.5, 0.6) is 0 Å². The molecule has 2 heterocycles. The van der Waals surface area contributed by atoms with Gasteiger partial charge in [0.1, 0.15) is 0 Å². The first kappa shape index (κ1) is 17.2. The number of hydrogen-bond acceptors (Lipinski definition) is 4.